The number of oxazole rings is 1. The number of likely N-dealkylation sites (tertiary alicyclic amines) is 1. The monoisotopic (exact) mass is 210 g/mol. The minimum absolute atomic E-state index is 0.0305. The third-order valence-electron chi connectivity index (χ3n) is 3.12. The maximum Gasteiger partial charge on any atom is 0.197 e. The van der Waals surface area contributed by atoms with Crippen LogP contribution in [0.3, 0.4) is 0 Å². The van der Waals surface area contributed by atoms with Crippen LogP contribution in [-0.2, 0) is 6.61 Å². The van der Waals surface area contributed by atoms with Gasteiger partial charge in [0.05, 0.1) is 6.61 Å². The first-order chi connectivity index (χ1) is 7.33. The Balaban J connectivity index is 1.95. The quantitative estimate of drug-likeness (QED) is 0.818. The van der Waals surface area contributed by atoms with E-state index in [1.807, 2.05) is 0 Å². The van der Waals surface area contributed by atoms with Crippen LogP contribution < -0.4 is 0 Å². The first-order valence-electron chi connectivity index (χ1n) is 5.61. The standard InChI is InChI=1S/C11H18N2O2/c1-2-13-5-3-9(4-6-13)11-12-10(7-14)8-15-11/h8-9,14H,2-7H2,1H3. The second kappa shape index (κ2) is 4.77. The summed E-state index contributed by atoms with van der Waals surface area (Å²) in [4.78, 5) is 6.70. The topological polar surface area (TPSA) is 49.5 Å². The summed E-state index contributed by atoms with van der Waals surface area (Å²) in [5.74, 6) is 1.24. The lowest BCUT2D eigenvalue weighted by atomic mass is 9.97. The van der Waals surface area contributed by atoms with Crippen LogP contribution in [0.5, 0.6) is 0 Å². The van der Waals surface area contributed by atoms with E-state index in [9.17, 15) is 0 Å². The van der Waals surface area contributed by atoms with Crippen molar-refractivity contribution in [2.75, 3.05) is 19.6 Å². The van der Waals surface area contributed by atoms with E-state index in [1.54, 1.807) is 6.26 Å². The Labute approximate surface area is 89.9 Å². The highest BCUT2D eigenvalue weighted by Crippen LogP contribution is 2.27. The van der Waals surface area contributed by atoms with Gasteiger partial charge in [0.15, 0.2) is 5.89 Å². The Hall–Kier alpha value is -0.870. The summed E-state index contributed by atoms with van der Waals surface area (Å²) >= 11 is 0. The van der Waals surface area contributed by atoms with Crippen LogP contribution in [0.1, 0.15) is 37.3 Å². The van der Waals surface area contributed by atoms with Gasteiger partial charge in [-0.2, -0.15) is 0 Å². The van der Waals surface area contributed by atoms with E-state index >= 15 is 0 Å². The summed E-state index contributed by atoms with van der Waals surface area (Å²) in [5.41, 5.74) is 0.642. The lowest BCUT2D eigenvalue weighted by molar-refractivity contribution is 0.208. The van der Waals surface area contributed by atoms with Crippen LogP contribution >= 0.6 is 0 Å². The van der Waals surface area contributed by atoms with Gasteiger partial charge < -0.3 is 14.4 Å². The number of nitrogens with zero attached hydrogens (tertiary/aromatic N) is 2. The molecule has 1 aliphatic rings. The second-order valence-electron chi connectivity index (χ2n) is 4.04. The molecule has 1 fully saturated rings. The Bertz CT molecular complexity index is 303. The van der Waals surface area contributed by atoms with Gasteiger partial charge in [-0.1, -0.05) is 6.92 Å². The van der Waals surface area contributed by atoms with E-state index in [0.29, 0.717) is 11.6 Å². The molecule has 1 aliphatic heterocycles. The molecular weight excluding hydrogens is 192 g/mol. The predicted octanol–water partition coefficient (Wildman–Crippen LogP) is 1.37. The van der Waals surface area contributed by atoms with Crippen LogP contribution in [-0.4, -0.2) is 34.6 Å². The van der Waals surface area contributed by atoms with Crippen molar-refractivity contribution in [3.63, 3.8) is 0 Å². The zero-order valence-electron chi connectivity index (χ0n) is 9.15. The van der Waals surface area contributed by atoms with Gasteiger partial charge in [-0.15, -0.1) is 0 Å². The third-order valence-corrected chi connectivity index (χ3v) is 3.12. The largest absolute Gasteiger partial charge is 0.448 e. The number of piperidine rings is 1. The van der Waals surface area contributed by atoms with Crippen molar-refractivity contribution in [3.8, 4) is 0 Å². The predicted molar refractivity (Wildman–Crippen MR) is 56.5 cm³/mol. The third kappa shape index (κ3) is 2.38. The minimum Gasteiger partial charge on any atom is -0.448 e. The van der Waals surface area contributed by atoms with E-state index in [1.165, 1.54) is 0 Å². The zero-order valence-corrected chi connectivity index (χ0v) is 9.15. The SMILES string of the molecule is CCN1CCC(c2nc(CO)co2)CC1. The summed E-state index contributed by atoms with van der Waals surface area (Å²) < 4.78 is 5.37. The first-order valence-corrected chi connectivity index (χ1v) is 5.61. The van der Waals surface area contributed by atoms with Gasteiger partial charge >= 0.3 is 0 Å². The number of rotatable bonds is 3. The molecule has 1 aromatic rings. The molecule has 0 aromatic carbocycles. The Morgan fingerprint density at radius 1 is 1.53 bits per heavy atom. The molecule has 2 heterocycles. The molecule has 0 unspecified atom stereocenters. The van der Waals surface area contributed by atoms with Crippen LogP contribution in [0.4, 0.5) is 0 Å². The van der Waals surface area contributed by atoms with Gasteiger partial charge in [0.2, 0.25) is 0 Å². The van der Waals surface area contributed by atoms with Gasteiger partial charge in [0, 0.05) is 5.92 Å². The van der Waals surface area contributed by atoms with E-state index < -0.39 is 0 Å². The number of aliphatic hydroxyl groups excluding tert-OH is 1. The second-order valence-corrected chi connectivity index (χ2v) is 4.04. The van der Waals surface area contributed by atoms with Crippen molar-refractivity contribution in [1.29, 1.82) is 0 Å². The molecule has 1 saturated heterocycles. The van der Waals surface area contributed by atoms with E-state index in [0.717, 1.165) is 38.4 Å². The Morgan fingerprint density at radius 3 is 2.80 bits per heavy atom. The van der Waals surface area contributed by atoms with Crippen molar-refractivity contribution < 1.29 is 9.52 Å². The van der Waals surface area contributed by atoms with Crippen LogP contribution in [0, 0.1) is 0 Å². The Kier molecular flexibility index (Phi) is 3.38. The summed E-state index contributed by atoms with van der Waals surface area (Å²) in [6.07, 6.45) is 3.78. The molecule has 2 rings (SSSR count). The van der Waals surface area contributed by atoms with Gasteiger partial charge in [-0.3, -0.25) is 0 Å². The molecule has 0 saturated carbocycles. The maximum atomic E-state index is 8.90. The van der Waals surface area contributed by atoms with Crippen molar-refractivity contribution in [3.05, 3.63) is 17.8 Å². The van der Waals surface area contributed by atoms with Crippen molar-refractivity contribution in [2.24, 2.45) is 0 Å². The molecule has 0 radical (unpaired) electrons. The summed E-state index contributed by atoms with van der Waals surface area (Å²) in [6, 6.07) is 0. The van der Waals surface area contributed by atoms with Crippen molar-refractivity contribution in [2.45, 2.75) is 32.3 Å². The lowest BCUT2D eigenvalue weighted by Crippen LogP contribution is -2.32. The molecule has 4 nitrogen and oxygen atoms in total. The zero-order chi connectivity index (χ0) is 10.7. The molecule has 0 atom stereocenters. The molecule has 0 bridgehead atoms. The molecule has 0 amide bonds. The number of aromatic nitrogens is 1. The molecular formula is C11H18N2O2. The van der Waals surface area contributed by atoms with Crippen LogP contribution in [0.2, 0.25) is 0 Å². The number of hydrogen-bond donors (Lipinski definition) is 1. The fourth-order valence-electron chi connectivity index (χ4n) is 2.08. The smallest absolute Gasteiger partial charge is 0.197 e. The van der Waals surface area contributed by atoms with E-state index in [2.05, 4.69) is 16.8 Å². The van der Waals surface area contributed by atoms with Crippen molar-refractivity contribution in [1.82, 2.24) is 9.88 Å². The lowest BCUT2D eigenvalue weighted by Gasteiger charge is -2.29. The fraction of sp³-hybridized carbons (Fsp3) is 0.727. The molecule has 1 N–H and O–H groups in total. The molecule has 84 valence electrons. The van der Waals surface area contributed by atoms with Gasteiger partial charge in [0.25, 0.3) is 0 Å². The van der Waals surface area contributed by atoms with Gasteiger partial charge in [0.1, 0.15) is 12.0 Å². The summed E-state index contributed by atoms with van der Waals surface area (Å²) in [5, 5.41) is 8.90. The highest BCUT2D eigenvalue weighted by Gasteiger charge is 2.23. The normalized spacial score (nSPS) is 19.6. The number of hydrogen-bond acceptors (Lipinski definition) is 4. The van der Waals surface area contributed by atoms with E-state index in [4.69, 9.17) is 9.52 Å². The number of aliphatic hydroxyl groups is 1. The van der Waals surface area contributed by atoms with E-state index in [-0.39, 0.29) is 6.61 Å². The van der Waals surface area contributed by atoms with Gasteiger partial charge in [-0.25, -0.2) is 4.98 Å². The highest BCUT2D eigenvalue weighted by molar-refractivity contribution is 5.01. The van der Waals surface area contributed by atoms with Crippen LogP contribution in [0.25, 0.3) is 0 Å². The maximum absolute atomic E-state index is 8.90. The molecule has 0 spiro atoms. The minimum atomic E-state index is -0.0305. The highest BCUT2D eigenvalue weighted by atomic mass is 16.3. The molecule has 1 aromatic heterocycles. The molecule has 15 heavy (non-hydrogen) atoms. The average Bonchev–Trinajstić information content (AvgIpc) is 2.78. The van der Waals surface area contributed by atoms with Gasteiger partial charge in [-0.05, 0) is 32.5 Å². The molecule has 4 heteroatoms. The summed E-state index contributed by atoms with van der Waals surface area (Å²) in [7, 11) is 0. The van der Waals surface area contributed by atoms with Crippen molar-refractivity contribution >= 4 is 0 Å². The first kappa shape index (κ1) is 10.6. The fourth-order valence-corrected chi connectivity index (χ4v) is 2.08. The summed E-state index contributed by atoms with van der Waals surface area (Å²) in [6.45, 7) is 5.53. The average molecular weight is 210 g/mol. The molecule has 0 aliphatic carbocycles. The Morgan fingerprint density at radius 2 is 2.27 bits per heavy atom. The van der Waals surface area contributed by atoms with Crippen LogP contribution in [0.15, 0.2) is 10.7 Å².